The van der Waals surface area contributed by atoms with Crippen molar-refractivity contribution in [2.45, 2.75) is 35.5 Å². The predicted octanol–water partition coefficient (Wildman–Crippen LogP) is 6.32. The van der Waals surface area contributed by atoms with Crippen LogP contribution in [-0.2, 0) is 6.54 Å². The van der Waals surface area contributed by atoms with Gasteiger partial charge in [0.05, 0.1) is 18.8 Å². The van der Waals surface area contributed by atoms with Crippen LogP contribution in [0.15, 0.2) is 99.5 Å². The van der Waals surface area contributed by atoms with E-state index in [-0.39, 0.29) is 12.1 Å². The Bertz CT molecular complexity index is 1260. The number of rotatable bonds is 7. The van der Waals surface area contributed by atoms with E-state index in [4.69, 9.17) is 21.4 Å². The highest BCUT2D eigenvalue weighted by molar-refractivity contribution is 7.99. The summed E-state index contributed by atoms with van der Waals surface area (Å²) in [6.45, 7) is 2.73. The highest BCUT2D eigenvalue weighted by Gasteiger charge is 2.41. The molecular weight excluding hydrogens is 462 g/mol. The van der Waals surface area contributed by atoms with Crippen LogP contribution in [0.3, 0.4) is 0 Å². The zero-order valence-electron chi connectivity index (χ0n) is 19.0. The summed E-state index contributed by atoms with van der Waals surface area (Å²) in [4.78, 5) is 7.92. The Morgan fingerprint density at radius 1 is 1.03 bits per heavy atom. The molecule has 1 N–H and O–H groups in total. The minimum atomic E-state index is -0.128. The lowest BCUT2D eigenvalue weighted by Crippen LogP contribution is -2.29. The van der Waals surface area contributed by atoms with Crippen molar-refractivity contribution in [3.05, 3.63) is 108 Å². The minimum Gasteiger partial charge on any atom is -0.497 e. The predicted molar refractivity (Wildman–Crippen MR) is 138 cm³/mol. The van der Waals surface area contributed by atoms with Gasteiger partial charge in [0.1, 0.15) is 17.6 Å². The van der Waals surface area contributed by atoms with Gasteiger partial charge in [-0.25, -0.2) is 0 Å². The average Bonchev–Trinajstić information content (AvgIpc) is 3.45. The van der Waals surface area contributed by atoms with E-state index in [1.54, 1.807) is 18.9 Å². The first-order valence-electron chi connectivity index (χ1n) is 11.1. The summed E-state index contributed by atoms with van der Waals surface area (Å²) in [7, 11) is 1.67. The number of nitrogens with one attached hydrogen (secondary N) is 1. The van der Waals surface area contributed by atoms with Gasteiger partial charge < -0.3 is 19.4 Å². The summed E-state index contributed by atoms with van der Waals surface area (Å²) >= 11 is 7.40. The normalized spacial score (nSPS) is 17.6. The molecule has 1 aliphatic heterocycles. The maximum absolute atomic E-state index is 6.38. The van der Waals surface area contributed by atoms with Crippen LogP contribution < -0.4 is 10.1 Å². The molecule has 2 atom stereocenters. The van der Waals surface area contributed by atoms with Crippen molar-refractivity contribution in [3.63, 3.8) is 0 Å². The second-order valence-electron chi connectivity index (χ2n) is 8.17. The molecule has 2 aromatic carbocycles. The topological polar surface area (TPSA) is 50.5 Å². The van der Waals surface area contributed by atoms with E-state index in [1.807, 2.05) is 48.7 Å². The third-order valence-electron chi connectivity index (χ3n) is 5.84. The highest BCUT2D eigenvalue weighted by Crippen LogP contribution is 2.42. The molecule has 0 bridgehead atoms. The Morgan fingerprint density at radius 3 is 2.53 bits per heavy atom. The van der Waals surface area contributed by atoms with Crippen LogP contribution in [0.2, 0.25) is 0 Å². The zero-order chi connectivity index (χ0) is 23.5. The van der Waals surface area contributed by atoms with Crippen LogP contribution in [0.25, 0.3) is 0 Å². The zero-order valence-corrected chi connectivity index (χ0v) is 20.6. The molecule has 34 heavy (non-hydrogen) atoms. The SMILES string of the molecule is COc1ccc(CN2C(=S)NC(c3ccccn3)C2c2ccc(Sc3ccc(C)cc3)o2)cc1. The standard InChI is InChI=1S/C27H25N3O2S2/c1-18-6-12-21(13-7-18)34-24-15-14-23(32-24)26-25(22-5-3-4-16-28-22)29-27(33)30(26)17-19-8-10-20(31-2)11-9-19/h3-16,25-26H,17H2,1-2H3,(H,29,33). The minimum absolute atomic E-state index is 0.115. The fraction of sp³-hybridized carbons (Fsp3) is 0.185. The number of furan rings is 1. The van der Waals surface area contributed by atoms with Gasteiger partial charge in [0, 0.05) is 17.6 Å². The van der Waals surface area contributed by atoms with Crippen LogP contribution in [0.4, 0.5) is 0 Å². The smallest absolute Gasteiger partial charge is 0.170 e. The second-order valence-corrected chi connectivity index (χ2v) is 9.64. The highest BCUT2D eigenvalue weighted by atomic mass is 32.2. The van der Waals surface area contributed by atoms with Gasteiger partial charge in [0.25, 0.3) is 0 Å². The van der Waals surface area contributed by atoms with E-state index in [9.17, 15) is 0 Å². The summed E-state index contributed by atoms with van der Waals surface area (Å²) in [5.74, 6) is 1.68. The van der Waals surface area contributed by atoms with Crippen molar-refractivity contribution in [3.8, 4) is 5.75 Å². The van der Waals surface area contributed by atoms with E-state index in [2.05, 4.69) is 58.5 Å². The molecule has 0 spiro atoms. The number of ether oxygens (including phenoxy) is 1. The van der Waals surface area contributed by atoms with Crippen LogP contribution in [0, 0.1) is 6.92 Å². The molecule has 5 rings (SSSR count). The van der Waals surface area contributed by atoms with Crippen molar-refractivity contribution < 1.29 is 9.15 Å². The first kappa shape index (κ1) is 22.5. The number of thiocarbonyl (C=S) groups is 1. The Morgan fingerprint density at radius 2 is 1.82 bits per heavy atom. The van der Waals surface area contributed by atoms with Crippen molar-refractivity contribution in [2.75, 3.05) is 7.11 Å². The molecule has 7 heteroatoms. The van der Waals surface area contributed by atoms with Gasteiger partial charge in [-0.05, 0) is 73.2 Å². The lowest BCUT2D eigenvalue weighted by Gasteiger charge is -2.26. The molecule has 1 fully saturated rings. The van der Waals surface area contributed by atoms with E-state index >= 15 is 0 Å². The number of benzene rings is 2. The molecular formula is C27H25N3O2S2. The third-order valence-corrected chi connectivity index (χ3v) is 7.12. The van der Waals surface area contributed by atoms with Crippen LogP contribution in [0.5, 0.6) is 5.75 Å². The van der Waals surface area contributed by atoms with E-state index < -0.39 is 0 Å². The first-order valence-corrected chi connectivity index (χ1v) is 12.3. The van der Waals surface area contributed by atoms with E-state index in [0.717, 1.165) is 32.8 Å². The van der Waals surface area contributed by atoms with Gasteiger partial charge in [-0.2, -0.15) is 0 Å². The molecule has 0 amide bonds. The summed E-state index contributed by atoms with van der Waals surface area (Å²) in [5, 5.41) is 5.01. The lowest BCUT2D eigenvalue weighted by atomic mass is 10.0. The quantitative estimate of drug-likeness (QED) is 0.306. The molecule has 3 heterocycles. The number of nitrogens with zero attached hydrogens (tertiary/aromatic N) is 2. The van der Waals surface area contributed by atoms with Gasteiger partial charge in [0.2, 0.25) is 0 Å². The molecule has 0 radical (unpaired) electrons. The summed E-state index contributed by atoms with van der Waals surface area (Å²) < 4.78 is 11.7. The first-order chi connectivity index (χ1) is 16.6. The molecule has 172 valence electrons. The lowest BCUT2D eigenvalue weighted by molar-refractivity contribution is 0.254. The number of pyridine rings is 1. The maximum atomic E-state index is 6.38. The van der Waals surface area contributed by atoms with Crippen LogP contribution >= 0.6 is 24.0 Å². The van der Waals surface area contributed by atoms with Gasteiger partial charge in [-0.15, -0.1) is 0 Å². The number of aryl methyl sites for hydroxylation is 1. The molecule has 0 aliphatic carbocycles. The molecule has 4 aromatic rings. The van der Waals surface area contributed by atoms with Crippen molar-refractivity contribution in [2.24, 2.45) is 0 Å². The monoisotopic (exact) mass is 487 g/mol. The Hall–Kier alpha value is -3.29. The molecule has 2 unspecified atom stereocenters. The summed E-state index contributed by atoms with van der Waals surface area (Å²) in [6.07, 6.45) is 1.81. The largest absolute Gasteiger partial charge is 0.497 e. The fourth-order valence-electron chi connectivity index (χ4n) is 4.08. The maximum Gasteiger partial charge on any atom is 0.170 e. The number of hydrogen-bond acceptors (Lipinski definition) is 5. The second kappa shape index (κ2) is 9.91. The van der Waals surface area contributed by atoms with Crippen molar-refractivity contribution >= 4 is 29.1 Å². The Balaban J connectivity index is 1.45. The van der Waals surface area contributed by atoms with Gasteiger partial charge in [-0.3, -0.25) is 4.98 Å². The number of hydrogen-bond donors (Lipinski definition) is 1. The Labute approximate surface area is 209 Å². The number of methoxy groups -OCH3 is 1. The molecule has 5 nitrogen and oxygen atoms in total. The van der Waals surface area contributed by atoms with Crippen LogP contribution in [0.1, 0.15) is 34.7 Å². The van der Waals surface area contributed by atoms with E-state index in [0.29, 0.717) is 11.7 Å². The van der Waals surface area contributed by atoms with Crippen LogP contribution in [-0.4, -0.2) is 22.1 Å². The van der Waals surface area contributed by atoms with Gasteiger partial charge in [-0.1, -0.05) is 47.7 Å². The van der Waals surface area contributed by atoms with Crippen molar-refractivity contribution in [1.82, 2.24) is 15.2 Å². The summed E-state index contributed by atoms with van der Waals surface area (Å²) in [5.41, 5.74) is 3.30. The number of aromatic nitrogens is 1. The van der Waals surface area contributed by atoms with Crippen molar-refractivity contribution in [1.29, 1.82) is 0 Å². The average molecular weight is 488 g/mol. The summed E-state index contributed by atoms with van der Waals surface area (Å²) in [6, 6.07) is 26.3. The van der Waals surface area contributed by atoms with Gasteiger partial charge in [0.15, 0.2) is 10.2 Å². The fourth-order valence-corrected chi connectivity index (χ4v) is 5.17. The van der Waals surface area contributed by atoms with Gasteiger partial charge >= 0.3 is 0 Å². The Kier molecular flexibility index (Phi) is 6.56. The molecule has 2 aromatic heterocycles. The van der Waals surface area contributed by atoms with E-state index in [1.165, 1.54) is 5.56 Å². The molecule has 1 aliphatic rings. The third kappa shape index (κ3) is 4.81. The molecule has 0 saturated carbocycles. The molecule has 1 saturated heterocycles.